The van der Waals surface area contributed by atoms with Crippen molar-refractivity contribution in [2.75, 3.05) is 32.2 Å². The first-order valence-electron chi connectivity index (χ1n) is 6.72. The van der Waals surface area contributed by atoms with Gasteiger partial charge in [-0.05, 0) is 19.1 Å². The van der Waals surface area contributed by atoms with Crippen LogP contribution in [0.4, 0.5) is 23.2 Å². The van der Waals surface area contributed by atoms with Crippen molar-refractivity contribution in [1.82, 2.24) is 5.32 Å². The third kappa shape index (κ3) is 7.68. The summed E-state index contributed by atoms with van der Waals surface area (Å²) in [5.41, 5.74) is 0.0881. The van der Waals surface area contributed by atoms with Crippen LogP contribution in [-0.4, -0.2) is 45.0 Å². The average molecular weight is 338 g/mol. The van der Waals surface area contributed by atoms with Gasteiger partial charge in [0.2, 0.25) is 5.91 Å². The first-order valence-corrected chi connectivity index (χ1v) is 6.72. The number of hydrogen-bond acceptors (Lipinski definition) is 4. The topological polar surface area (TPSA) is 59.6 Å². The molecule has 0 spiro atoms. The van der Waals surface area contributed by atoms with Gasteiger partial charge in [-0.3, -0.25) is 4.79 Å². The minimum Gasteiger partial charge on any atom is -0.482 e. The smallest absolute Gasteiger partial charge is 0.422 e. The number of alkyl halides is 3. The normalized spacial score (nSPS) is 12.6. The van der Waals surface area contributed by atoms with E-state index in [-0.39, 0.29) is 29.9 Å². The monoisotopic (exact) mass is 338 g/mol. The molecule has 130 valence electrons. The highest BCUT2D eigenvalue weighted by atomic mass is 19.4. The van der Waals surface area contributed by atoms with Crippen LogP contribution in [0.2, 0.25) is 0 Å². The van der Waals surface area contributed by atoms with Gasteiger partial charge in [-0.2, -0.15) is 13.2 Å². The van der Waals surface area contributed by atoms with Crippen LogP contribution in [0.25, 0.3) is 0 Å². The van der Waals surface area contributed by atoms with Crippen molar-refractivity contribution in [1.29, 1.82) is 0 Å². The van der Waals surface area contributed by atoms with Crippen LogP contribution in [0.1, 0.15) is 6.92 Å². The van der Waals surface area contributed by atoms with Gasteiger partial charge < -0.3 is 20.1 Å². The minimum atomic E-state index is -4.55. The van der Waals surface area contributed by atoms with Gasteiger partial charge in [0.25, 0.3) is 0 Å². The maximum Gasteiger partial charge on any atom is 0.422 e. The number of amides is 1. The number of benzene rings is 1. The van der Waals surface area contributed by atoms with Gasteiger partial charge in [0.15, 0.2) is 6.61 Å². The van der Waals surface area contributed by atoms with Crippen molar-refractivity contribution >= 4 is 11.6 Å². The quantitative estimate of drug-likeness (QED) is 0.715. The molecule has 0 aliphatic carbocycles. The van der Waals surface area contributed by atoms with Crippen LogP contribution >= 0.6 is 0 Å². The number of carbonyl (C=O) groups excluding carboxylic acids is 1. The van der Waals surface area contributed by atoms with E-state index in [1.54, 1.807) is 6.92 Å². The maximum absolute atomic E-state index is 13.1. The highest BCUT2D eigenvalue weighted by Crippen LogP contribution is 2.27. The van der Waals surface area contributed by atoms with Crippen LogP contribution in [0.3, 0.4) is 0 Å². The molecule has 23 heavy (non-hydrogen) atoms. The van der Waals surface area contributed by atoms with Gasteiger partial charge in [0.05, 0.1) is 18.8 Å². The van der Waals surface area contributed by atoms with E-state index < -0.39 is 18.6 Å². The number of ether oxygens (including phenoxy) is 2. The lowest BCUT2D eigenvalue weighted by Crippen LogP contribution is -2.39. The van der Waals surface area contributed by atoms with Crippen molar-refractivity contribution < 1.29 is 31.8 Å². The van der Waals surface area contributed by atoms with Crippen LogP contribution < -0.4 is 15.4 Å². The van der Waals surface area contributed by atoms with E-state index in [1.807, 2.05) is 0 Å². The number of carbonyl (C=O) groups is 1. The Kier molecular flexibility index (Phi) is 7.08. The molecule has 0 saturated carbocycles. The molecule has 0 radical (unpaired) electrons. The molecule has 0 unspecified atom stereocenters. The molecule has 1 rings (SSSR count). The lowest BCUT2D eigenvalue weighted by molar-refractivity contribution is -0.153. The fraction of sp³-hybridized carbons (Fsp3) is 0.500. The molecule has 0 bridgehead atoms. The Balaban J connectivity index is 2.63. The van der Waals surface area contributed by atoms with Crippen molar-refractivity contribution in [3.05, 3.63) is 24.0 Å². The summed E-state index contributed by atoms with van der Waals surface area (Å²) in [6.45, 7) is 0.295. The molecule has 0 aliphatic heterocycles. The standard InChI is InChI=1S/C14H18F4N2O3/c1-9(7-22-2)20-13(21)6-19-11-4-3-10(15)5-12(11)23-8-14(16,17)18/h3-5,9,19H,6-8H2,1-2H3,(H,20,21)/t9-/m0/s1. The molecule has 1 aromatic rings. The highest BCUT2D eigenvalue weighted by molar-refractivity contribution is 5.81. The van der Waals surface area contributed by atoms with Gasteiger partial charge in [0.1, 0.15) is 11.6 Å². The van der Waals surface area contributed by atoms with E-state index in [0.29, 0.717) is 6.61 Å². The Hall–Kier alpha value is -2.03. The number of methoxy groups -OCH3 is 1. The van der Waals surface area contributed by atoms with Crippen molar-refractivity contribution in [3.63, 3.8) is 0 Å². The summed E-state index contributed by atoms with van der Waals surface area (Å²) in [6.07, 6.45) is -4.55. The SMILES string of the molecule is COC[C@H](C)NC(=O)CNc1ccc(F)cc1OCC(F)(F)F. The van der Waals surface area contributed by atoms with Crippen LogP contribution in [0.15, 0.2) is 18.2 Å². The lowest BCUT2D eigenvalue weighted by atomic mass is 10.2. The molecule has 2 N–H and O–H groups in total. The Morgan fingerprint density at radius 3 is 2.65 bits per heavy atom. The molecule has 0 fully saturated rings. The summed E-state index contributed by atoms with van der Waals surface area (Å²) in [6, 6.07) is 2.85. The largest absolute Gasteiger partial charge is 0.482 e. The zero-order chi connectivity index (χ0) is 17.5. The fourth-order valence-corrected chi connectivity index (χ4v) is 1.71. The number of halogens is 4. The molecule has 5 nitrogen and oxygen atoms in total. The predicted molar refractivity (Wildman–Crippen MR) is 75.9 cm³/mol. The van der Waals surface area contributed by atoms with E-state index in [1.165, 1.54) is 13.2 Å². The molecule has 0 aromatic heterocycles. The summed E-state index contributed by atoms with van der Waals surface area (Å²) in [5, 5.41) is 5.23. The van der Waals surface area contributed by atoms with E-state index in [4.69, 9.17) is 4.74 Å². The first-order chi connectivity index (χ1) is 10.7. The van der Waals surface area contributed by atoms with E-state index in [2.05, 4.69) is 15.4 Å². The van der Waals surface area contributed by atoms with E-state index in [9.17, 15) is 22.4 Å². The third-order valence-electron chi connectivity index (χ3n) is 2.60. The Morgan fingerprint density at radius 1 is 1.35 bits per heavy atom. The molecule has 1 amide bonds. The fourth-order valence-electron chi connectivity index (χ4n) is 1.71. The average Bonchev–Trinajstić information content (AvgIpc) is 2.43. The zero-order valence-electron chi connectivity index (χ0n) is 12.7. The predicted octanol–water partition coefficient (Wildman–Crippen LogP) is 2.33. The second-order valence-electron chi connectivity index (χ2n) is 4.82. The molecule has 1 aromatic carbocycles. The number of nitrogens with one attached hydrogen (secondary N) is 2. The van der Waals surface area contributed by atoms with Gasteiger partial charge in [0, 0.05) is 19.2 Å². The molecule has 0 aliphatic rings. The van der Waals surface area contributed by atoms with Crippen molar-refractivity contribution in [2.24, 2.45) is 0 Å². The second-order valence-corrected chi connectivity index (χ2v) is 4.82. The Morgan fingerprint density at radius 2 is 2.04 bits per heavy atom. The highest BCUT2D eigenvalue weighted by Gasteiger charge is 2.29. The van der Waals surface area contributed by atoms with E-state index in [0.717, 1.165) is 12.1 Å². The summed E-state index contributed by atoms with van der Waals surface area (Å²) < 4.78 is 59.1. The molecular formula is C14H18F4N2O3. The van der Waals surface area contributed by atoms with Gasteiger partial charge in [-0.1, -0.05) is 0 Å². The number of anilines is 1. The van der Waals surface area contributed by atoms with Gasteiger partial charge >= 0.3 is 6.18 Å². The Labute approximate surface area is 131 Å². The summed E-state index contributed by atoms with van der Waals surface area (Å²) in [4.78, 5) is 11.7. The summed E-state index contributed by atoms with van der Waals surface area (Å²) in [5.74, 6) is -1.45. The van der Waals surface area contributed by atoms with Gasteiger partial charge in [-0.15, -0.1) is 0 Å². The number of hydrogen-bond donors (Lipinski definition) is 2. The van der Waals surface area contributed by atoms with Crippen LogP contribution in [0.5, 0.6) is 5.75 Å². The zero-order valence-corrected chi connectivity index (χ0v) is 12.7. The lowest BCUT2D eigenvalue weighted by Gasteiger charge is -2.16. The minimum absolute atomic E-state index is 0.0881. The Bertz CT molecular complexity index is 523. The third-order valence-corrected chi connectivity index (χ3v) is 2.60. The van der Waals surface area contributed by atoms with Crippen molar-refractivity contribution in [3.8, 4) is 5.75 Å². The maximum atomic E-state index is 13.1. The summed E-state index contributed by atoms with van der Waals surface area (Å²) in [7, 11) is 1.49. The second kappa shape index (κ2) is 8.56. The van der Waals surface area contributed by atoms with Crippen LogP contribution in [-0.2, 0) is 9.53 Å². The van der Waals surface area contributed by atoms with Crippen LogP contribution in [0, 0.1) is 5.82 Å². The van der Waals surface area contributed by atoms with Gasteiger partial charge in [-0.25, -0.2) is 4.39 Å². The van der Waals surface area contributed by atoms with Crippen molar-refractivity contribution in [2.45, 2.75) is 19.1 Å². The number of rotatable bonds is 8. The first kappa shape index (κ1) is 19.0. The van der Waals surface area contributed by atoms with E-state index >= 15 is 0 Å². The molecule has 0 saturated heterocycles. The summed E-state index contributed by atoms with van der Waals surface area (Å²) >= 11 is 0. The molecular weight excluding hydrogens is 320 g/mol. The molecule has 1 atom stereocenters. The molecule has 0 heterocycles. The molecule has 9 heteroatoms.